The Morgan fingerprint density at radius 3 is 2.27 bits per heavy atom. The highest BCUT2D eigenvalue weighted by atomic mass is 79.9. The Morgan fingerprint density at radius 2 is 1.73 bits per heavy atom. The molecule has 0 heterocycles. The van der Waals surface area contributed by atoms with E-state index in [1.54, 1.807) is 18.2 Å². The number of carbonyl (C=O) groups is 1. The molecule has 0 bridgehead atoms. The third-order valence-electron chi connectivity index (χ3n) is 3.13. The summed E-state index contributed by atoms with van der Waals surface area (Å²) in [5, 5.41) is 0. The molecule has 2 aromatic carbocycles. The third kappa shape index (κ3) is 3.89. The zero-order valence-electron chi connectivity index (χ0n) is 13.1. The summed E-state index contributed by atoms with van der Waals surface area (Å²) in [5.74, 6) is 0.943. The van der Waals surface area contributed by atoms with E-state index in [2.05, 4.69) is 15.9 Å². The number of aryl methyl sites for hydroxylation is 2. The van der Waals surface area contributed by atoms with Crippen LogP contribution in [-0.4, -0.2) is 12.1 Å². The van der Waals surface area contributed by atoms with E-state index in [0.717, 1.165) is 15.6 Å². The van der Waals surface area contributed by atoms with Gasteiger partial charge < -0.3 is 9.47 Å². The van der Waals surface area contributed by atoms with E-state index in [0.29, 0.717) is 17.1 Å². The van der Waals surface area contributed by atoms with Gasteiger partial charge in [-0.3, -0.25) is 0 Å². The third-order valence-corrected chi connectivity index (χ3v) is 3.75. The summed E-state index contributed by atoms with van der Waals surface area (Å²) in [4.78, 5) is 12.3. The van der Waals surface area contributed by atoms with Gasteiger partial charge in [-0.25, -0.2) is 4.79 Å². The van der Waals surface area contributed by atoms with E-state index < -0.39 is 0 Å². The van der Waals surface area contributed by atoms with Crippen molar-refractivity contribution in [2.75, 3.05) is 0 Å². The standard InChI is InChI=1S/C18H19BrO3/c1-11(2)21-16-9-8-14(10-15(16)19)18(20)22-17-12(3)6-5-7-13(17)4/h5-11H,1-4H3. The quantitative estimate of drug-likeness (QED) is 0.562. The first-order valence-corrected chi connectivity index (χ1v) is 7.92. The molecule has 0 aromatic heterocycles. The van der Waals surface area contributed by atoms with Crippen LogP contribution >= 0.6 is 15.9 Å². The number of hydrogen-bond donors (Lipinski definition) is 0. The van der Waals surface area contributed by atoms with Crippen LogP contribution in [0, 0.1) is 13.8 Å². The molecule has 0 unspecified atom stereocenters. The first-order chi connectivity index (χ1) is 10.4. The lowest BCUT2D eigenvalue weighted by molar-refractivity contribution is 0.0732. The molecule has 0 amide bonds. The monoisotopic (exact) mass is 362 g/mol. The number of rotatable bonds is 4. The molecule has 3 nitrogen and oxygen atoms in total. The van der Waals surface area contributed by atoms with Crippen molar-refractivity contribution in [1.82, 2.24) is 0 Å². The van der Waals surface area contributed by atoms with Crippen LogP contribution in [0.2, 0.25) is 0 Å². The normalized spacial score (nSPS) is 10.6. The molecule has 0 N–H and O–H groups in total. The van der Waals surface area contributed by atoms with Crippen molar-refractivity contribution in [1.29, 1.82) is 0 Å². The molecule has 2 rings (SSSR count). The number of ether oxygens (including phenoxy) is 2. The minimum atomic E-state index is -0.380. The molecule has 0 radical (unpaired) electrons. The van der Waals surface area contributed by atoms with Crippen LogP contribution in [0.1, 0.15) is 35.3 Å². The Bertz CT molecular complexity index is 672. The Labute approximate surface area is 139 Å². The lowest BCUT2D eigenvalue weighted by Crippen LogP contribution is -2.11. The maximum Gasteiger partial charge on any atom is 0.343 e. The SMILES string of the molecule is Cc1cccc(C)c1OC(=O)c1ccc(OC(C)C)c(Br)c1. The maximum atomic E-state index is 12.3. The molecular weight excluding hydrogens is 344 g/mol. The number of para-hydroxylation sites is 1. The maximum absolute atomic E-state index is 12.3. The summed E-state index contributed by atoms with van der Waals surface area (Å²) >= 11 is 3.43. The van der Waals surface area contributed by atoms with Gasteiger partial charge in [0, 0.05) is 0 Å². The van der Waals surface area contributed by atoms with Crippen LogP contribution in [0.15, 0.2) is 40.9 Å². The van der Waals surface area contributed by atoms with Crippen molar-refractivity contribution >= 4 is 21.9 Å². The van der Waals surface area contributed by atoms with Crippen LogP contribution in [-0.2, 0) is 0 Å². The van der Waals surface area contributed by atoms with Crippen LogP contribution in [0.5, 0.6) is 11.5 Å². The van der Waals surface area contributed by atoms with E-state index in [9.17, 15) is 4.79 Å². The van der Waals surface area contributed by atoms with Gasteiger partial charge in [-0.15, -0.1) is 0 Å². The van der Waals surface area contributed by atoms with Crippen molar-refractivity contribution in [3.63, 3.8) is 0 Å². The van der Waals surface area contributed by atoms with Gasteiger partial charge in [-0.1, -0.05) is 18.2 Å². The zero-order chi connectivity index (χ0) is 16.3. The van der Waals surface area contributed by atoms with Crippen LogP contribution in [0.4, 0.5) is 0 Å². The Balaban J connectivity index is 2.22. The van der Waals surface area contributed by atoms with Gasteiger partial charge in [-0.05, 0) is 73.0 Å². The minimum Gasteiger partial charge on any atom is -0.490 e. The average molecular weight is 363 g/mol. The van der Waals surface area contributed by atoms with E-state index >= 15 is 0 Å². The first kappa shape index (κ1) is 16.6. The average Bonchev–Trinajstić information content (AvgIpc) is 2.44. The number of benzene rings is 2. The van der Waals surface area contributed by atoms with E-state index in [1.807, 2.05) is 45.9 Å². The Hall–Kier alpha value is -1.81. The molecular formula is C18H19BrO3. The molecule has 0 aliphatic carbocycles. The second-order valence-electron chi connectivity index (χ2n) is 5.42. The Kier molecular flexibility index (Phi) is 5.24. The summed E-state index contributed by atoms with van der Waals surface area (Å²) in [5.41, 5.74) is 2.35. The lowest BCUT2D eigenvalue weighted by atomic mass is 10.1. The predicted molar refractivity (Wildman–Crippen MR) is 90.8 cm³/mol. The van der Waals surface area contributed by atoms with Crippen molar-refractivity contribution in [3.8, 4) is 11.5 Å². The Morgan fingerprint density at radius 1 is 1.09 bits per heavy atom. The molecule has 0 spiro atoms. The second kappa shape index (κ2) is 6.97. The van der Waals surface area contributed by atoms with E-state index in [-0.39, 0.29) is 12.1 Å². The van der Waals surface area contributed by atoms with Gasteiger partial charge in [0.2, 0.25) is 0 Å². The largest absolute Gasteiger partial charge is 0.490 e. The lowest BCUT2D eigenvalue weighted by Gasteiger charge is -2.13. The first-order valence-electron chi connectivity index (χ1n) is 7.13. The fraction of sp³-hybridized carbons (Fsp3) is 0.278. The number of carbonyl (C=O) groups excluding carboxylic acids is 1. The molecule has 22 heavy (non-hydrogen) atoms. The van der Waals surface area contributed by atoms with Gasteiger partial charge in [0.1, 0.15) is 11.5 Å². The van der Waals surface area contributed by atoms with E-state index in [4.69, 9.17) is 9.47 Å². The van der Waals surface area contributed by atoms with Crippen LogP contribution in [0.3, 0.4) is 0 Å². The molecule has 4 heteroatoms. The van der Waals surface area contributed by atoms with Crippen molar-refractivity contribution in [2.45, 2.75) is 33.8 Å². The molecule has 0 saturated heterocycles. The number of esters is 1. The fourth-order valence-electron chi connectivity index (χ4n) is 2.09. The highest BCUT2D eigenvalue weighted by molar-refractivity contribution is 9.10. The second-order valence-corrected chi connectivity index (χ2v) is 6.28. The van der Waals surface area contributed by atoms with Crippen molar-refractivity contribution in [3.05, 3.63) is 57.6 Å². The van der Waals surface area contributed by atoms with E-state index in [1.165, 1.54) is 0 Å². The van der Waals surface area contributed by atoms with Crippen LogP contribution in [0.25, 0.3) is 0 Å². The van der Waals surface area contributed by atoms with Gasteiger partial charge in [0.25, 0.3) is 0 Å². The summed E-state index contributed by atoms with van der Waals surface area (Å²) in [7, 11) is 0. The van der Waals surface area contributed by atoms with Gasteiger partial charge in [0.05, 0.1) is 16.1 Å². The molecule has 116 valence electrons. The summed E-state index contributed by atoms with van der Waals surface area (Å²) in [6.45, 7) is 7.75. The molecule has 0 atom stereocenters. The fourth-order valence-corrected chi connectivity index (χ4v) is 2.56. The highest BCUT2D eigenvalue weighted by Gasteiger charge is 2.14. The highest BCUT2D eigenvalue weighted by Crippen LogP contribution is 2.28. The number of hydrogen-bond acceptors (Lipinski definition) is 3. The summed E-state index contributed by atoms with van der Waals surface area (Å²) < 4.78 is 11.9. The van der Waals surface area contributed by atoms with Gasteiger partial charge >= 0.3 is 5.97 Å². The molecule has 0 fully saturated rings. The zero-order valence-corrected chi connectivity index (χ0v) is 14.7. The molecule has 2 aromatic rings. The molecule has 0 aliphatic rings. The smallest absolute Gasteiger partial charge is 0.343 e. The summed E-state index contributed by atoms with van der Waals surface area (Å²) in [6.07, 6.45) is 0.0729. The van der Waals surface area contributed by atoms with Crippen molar-refractivity contribution < 1.29 is 14.3 Å². The molecule has 0 aliphatic heterocycles. The summed E-state index contributed by atoms with van der Waals surface area (Å²) in [6, 6.07) is 11.0. The van der Waals surface area contributed by atoms with Crippen molar-refractivity contribution in [2.24, 2.45) is 0 Å². The van der Waals surface area contributed by atoms with Gasteiger partial charge in [0.15, 0.2) is 0 Å². The predicted octanol–water partition coefficient (Wildman–Crippen LogP) is 5.07. The van der Waals surface area contributed by atoms with Crippen LogP contribution < -0.4 is 9.47 Å². The number of halogens is 1. The minimum absolute atomic E-state index is 0.0729. The van der Waals surface area contributed by atoms with Gasteiger partial charge in [-0.2, -0.15) is 0 Å². The molecule has 0 saturated carbocycles. The topological polar surface area (TPSA) is 35.5 Å².